The van der Waals surface area contributed by atoms with E-state index in [2.05, 4.69) is 39.5 Å². The van der Waals surface area contributed by atoms with Gasteiger partial charge in [0.15, 0.2) is 0 Å². The van der Waals surface area contributed by atoms with Crippen molar-refractivity contribution in [1.29, 1.82) is 0 Å². The number of hydrogen-bond donors (Lipinski definition) is 0. The van der Waals surface area contributed by atoms with Crippen molar-refractivity contribution in [3.8, 4) is 0 Å². The third-order valence-electron chi connectivity index (χ3n) is 2.59. The highest BCUT2D eigenvalue weighted by Crippen LogP contribution is 2.20. The van der Waals surface area contributed by atoms with Crippen LogP contribution < -0.4 is 0 Å². The van der Waals surface area contributed by atoms with E-state index in [4.69, 9.17) is 0 Å². The van der Waals surface area contributed by atoms with Crippen molar-refractivity contribution in [1.82, 2.24) is 4.90 Å². The highest BCUT2D eigenvalue weighted by Gasteiger charge is 2.22. The minimum absolute atomic E-state index is 0.402. The van der Waals surface area contributed by atoms with Crippen molar-refractivity contribution in [3.63, 3.8) is 0 Å². The van der Waals surface area contributed by atoms with E-state index in [0.717, 1.165) is 0 Å². The maximum absolute atomic E-state index is 2.58. The van der Waals surface area contributed by atoms with Gasteiger partial charge in [0.05, 0.1) is 0 Å². The summed E-state index contributed by atoms with van der Waals surface area (Å²) in [6.07, 6.45) is 3.86. The molecule has 0 aliphatic carbocycles. The molecular formula is C11H25N. The van der Waals surface area contributed by atoms with Gasteiger partial charge in [0.1, 0.15) is 0 Å². The van der Waals surface area contributed by atoms with Crippen LogP contribution in [0.1, 0.15) is 53.9 Å². The number of hydrogen-bond acceptors (Lipinski definition) is 1. The first-order chi connectivity index (χ1) is 5.58. The molecule has 0 N–H and O–H groups in total. The second-order valence-electron chi connectivity index (χ2n) is 4.14. The molecule has 0 atom stereocenters. The maximum atomic E-state index is 2.58. The molecule has 0 amide bonds. The van der Waals surface area contributed by atoms with E-state index in [1.807, 2.05) is 0 Å². The van der Waals surface area contributed by atoms with Gasteiger partial charge in [-0.25, -0.2) is 0 Å². The van der Waals surface area contributed by atoms with E-state index in [1.54, 1.807) is 0 Å². The molecule has 12 heavy (non-hydrogen) atoms. The first-order valence-corrected chi connectivity index (χ1v) is 5.33. The summed E-state index contributed by atoms with van der Waals surface area (Å²) in [5.41, 5.74) is 0.402. The summed E-state index contributed by atoms with van der Waals surface area (Å²) in [7, 11) is 0. The van der Waals surface area contributed by atoms with Crippen molar-refractivity contribution in [3.05, 3.63) is 0 Å². The lowest BCUT2D eigenvalue weighted by Gasteiger charge is -2.37. The van der Waals surface area contributed by atoms with Crippen LogP contribution in [0.15, 0.2) is 0 Å². The van der Waals surface area contributed by atoms with E-state index in [9.17, 15) is 0 Å². The molecule has 0 aliphatic rings. The normalized spacial score (nSPS) is 12.5. The fraction of sp³-hybridized carbons (Fsp3) is 1.00. The maximum Gasteiger partial charge on any atom is 0.0153 e. The fourth-order valence-electron chi connectivity index (χ4n) is 1.93. The van der Waals surface area contributed by atoms with Crippen LogP contribution in [0.25, 0.3) is 0 Å². The summed E-state index contributed by atoms with van der Waals surface area (Å²) in [5, 5.41) is 0. The highest BCUT2D eigenvalue weighted by molar-refractivity contribution is 4.79. The van der Waals surface area contributed by atoms with Gasteiger partial charge in [0, 0.05) is 5.54 Å². The average molecular weight is 171 g/mol. The second kappa shape index (κ2) is 5.58. The molecule has 0 heterocycles. The van der Waals surface area contributed by atoms with Crippen molar-refractivity contribution in [2.45, 2.75) is 59.4 Å². The molecule has 0 aromatic carbocycles. The number of rotatable bonds is 6. The predicted octanol–water partition coefficient (Wildman–Crippen LogP) is 3.30. The van der Waals surface area contributed by atoms with Gasteiger partial charge in [-0.05, 0) is 39.8 Å². The van der Waals surface area contributed by atoms with Crippen LogP contribution in [0.4, 0.5) is 0 Å². The van der Waals surface area contributed by atoms with Crippen LogP contribution in [-0.2, 0) is 0 Å². The zero-order valence-electron chi connectivity index (χ0n) is 9.48. The van der Waals surface area contributed by atoms with E-state index >= 15 is 0 Å². The van der Waals surface area contributed by atoms with Gasteiger partial charge in [0.2, 0.25) is 0 Å². The Labute approximate surface area is 78.1 Å². The minimum Gasteiger partial charge on any atom is -0.298 e. The van der Waals surface area contributed by atoms with Gasteiger partial charge in [-0.3, -0.25) is 4.90 Å². The summed E-state index contributed by atoms with van der Waals surface area (Å²) in [5.74, 6) is 0. The molecular weight excluding hydrogens is 146 g/mol. The zero-order chi connectivity index (χ0) is 9.61. The molecule has 0 saturated carbocycles. The summed E-state index contributed by atoms with van der Waals surface area (Å²) in [6, 6.07) is 0. The lowest BCUT2D eigenvalue weighted by Crippen LogP contribution is -2.44. The van der Waals surface area contributed by atoms with Crippen LogP contribution in [0, 0.1) is 0 Å². The number of nitrogens with zero attached hydrogens (tertiary/aromatic N) is 1. The van der Waals surface area contributed by atoms with Crippen LogP contribution in [0.5, 0.6) is 0 Å². The smallest absolute Gasteiger partial charge is 0.0153 e. The van der Waals surface area contributed by atoms with Crippen LogP contribution >= 0.6 is 0 Å². The molecule has 0 aromatic heterocycles. The highest BCUT2D eigenvalue weighted by atomic mass is 15.2. The SMILES string of the molecule is CCCN(CC)C(C)(C)CCC. The lowest BCUT2D eigenvalue weighted by molar-refractivity contribution is 0.117. The molecule has 1 nitrogen and oxygen atoms in total. The topological polar surface area (TPSA) is 3.24 Å². The first-order valence-electron chi connectivity index (χ1n) is 5.33. The lowest BCUT2D eigenvalue weighted by atomic mass is 9.96. The molecule has 0 radical (unpaired) electrons. The Morgan fingerprint density at radius 3 is 1.92 bits per heavy atom. The van der Waals surface area contributed by atoms with E-state index in [0.29, 0.717) is 5.54 Å². The van der Waals surface area contributed by atoms with Gasteiger partial charge in [0.25, 0.3) is 0 Å². The Hall–Kier alpha value is -0.0400. The van der Waals surface area contributed by atoms with Gasteiger partial charge >= 0.3 is 0 Å². The Morgan fingerprint density at radius 1 is 1.00 bits per heavy atom. The van der Waals surface area contributed by atoms with E-state index in [-0.39, 0.29) is 0 Å². The van der Waals surface area contributed by atoms with Crippen molar-refractivity contribution in [2.75, 3.05) is 13.1 Å². The summed E-state index contributed by atoms with van der Waals surface area (Å²) >= 11 is 0. The van der Waals surface area contributed by atoms with Crippen LogP contribution in [-0.4, -0.2) is 23.5 Å². The second-order valence-corrected chi connectivity index (χ2v) is 4.14. The Kier molecular flexibility index (Phi) is 5.56. The third-order valence-corrected chi connectivity index (χ3v) is 2.59. The molecule has 0 fully saturated rings. The molecule has 0 saturated heterocycles. The van der Waals surface area contributed by atoms with Crippen LogP contribution in [0.3, 0.4) is 0 Å². The molecule has 0 bridgehead atoms. The Balaban J connectivity index is 4.05. The van der Waals surface area contributed by atoms with Gasteiger partial charge in [-0.1, -0.05) is 27.2 Å². The molecule has 0 rings (SSSR count). The first kappa shape index (κ1) is 12.0. The summed E-state index contributed by atoms with van der Waals surface area (Å²) in [6.45, 7) is 13.9. The van der Waals surface area contributed by atoms with Gasteiger partial charge < -0.3 is 0 Å². The third kappa shape index (κ3) is 3.57. The zero-order valence-corrected chi connectivity index (χ0v) is 9.48. The van der Waals surface area contributed by atoms with Crippen molar-refractivity contribution in [2.24, 2.45) is 0 Å². The largest absolute Gasteiger partial charge is 0.298 e. The summed E-state index contributed by atoms with van der Waals surface area (Å²) in [4.78, 5) is 2.58. The average Bonchev–Trinajstić information content (AvgIpc) is 1.99. The Bertz CT molecular complexity index is 108. The Morgan fingerprint density at radius 2 is 1.58 bits per heavy atom. The molecule has 1 heteroatoms. The molecule has 0 spiro atoms. The predicted molar refractivity (Wildman–Crippen MR) is 56.5 cm³/mol. The standard InChI is InChI=1S/C11H25N/c1-6-9-11(4,5)12(8-3)10-7-2/h6-10H2,1-5H3. The quantitative estimate of drug-likeness (QED) is 0.592. The fourth-order valence-corrected chi connectivity index (χ4v) is 1.93. The van der Waals surface area contributed by atoms with Crippen molar-refractivity contribution >= 4 is 0 Å². The molecule has 0 unspecified atom stereocenters. The van der Waals surface area contributed by atoms with Gasteiger partial charge in [-0.2, -0.15) is 0 Å². The molecule has 74 valence electrons. The summed E-state index contributed by atoms with van der Waals surface area (Å²) < 4.78 is 0. The monoisotopic (exact) mass is 171 g/mol. The minimum atomic E-state index is 0.402. The van der Waals surface area contributed by atoms with Crippen LogP contribution in [0.2, 0.25) is 0 Å². The van der Waals surface area contributed by atoms with E-state index < -0.39 is 0 Å². The molecule has 0 aromatic rings. The van der Waals surface area contributed by atoms with Gasteiger partial charge in [-0.15, -0.1) is 0 Å². The van der Waals surface area contributed by atoms with Crippen molar-refractivity contribution < 1.29 is 0 Å². The van der Waals surface area contributed by atoms with E-state index in [1.165, 1.54) is 32.4 Å². The molecule has 0 aliphatic heterocycles.